The molecule has 3 heterocycles. The molecule has 7 nitrogen and oxygen atoms in total. The van der Waals surface area contributed by atoms with Crippen LogP contribution in [0.4, 0.5) is 0 Å². The first kappa shape index (κ1) is 24.7. The predicted octanol–water partition coefficient (Wildman–Crippen LogP) is 4.63. The van der Waals surface area contributed by atoms with E-state index in [0.29, 0.717) is 22.3 Å². The van der Waals surface area contributed by atoms with Crippen molar-refractivity contribution in [1.29, 1.82) is 0 Å². The number of thioether (sulfide) groups is 1. The summed E-state index contributed by atoms with van der Waals surface area (Å²) in [5.74, 6) is 0.567. The highest BCUT2D eigenvalue weighted by Crippen LogP contribution is 2.38. The number of hydrogen-bond donors (Lipinski definition) is 0. The third kappa shape index (κ3) is 4.85. The average molecular weight is 540 g/mol. The van der Waals surface area contributed by atoms with Gasteiger partial charge in [0.25, 0.3) is 5.91 Å². The second kappa shape index (κ2) is 9.84. The fourth-order valence-corrected chi connectivity index (χ4v) is 7.58. The molecule has 0 unspecified atom stereocenters. The predicted molar refractivity (Wildman–Crippen MR) is 147 cm³/mol. The highest BCUT2D eigenvalue weighted by molar-refractivity contribution is 8.26. The molecule has 2 saturated heterocycles. The number of rotatable bonds is 6. The molecule has 1 amide bonds. The van der Waals surface area contributed by atoms with Crippen molar-refractivity contribution in [2.24, 2.45) is 0 Å². The van der Waals surface area contributed by atoms with Gasteiger partial charge in [0.05, 0.1) is 34.7 Å². The van der Waals surface area contributed by atoms with Gasteiger partial charge < -0.3 is 4.74 Å². The van der Waals surface area contributed by atoms with E-state index in [1.165, 1.54) is 16.7 Å². The van der Waals surface area contributed by atoms with Crippen LogP contribution >= 0.6 is 24.0 Å². The molecular weight excluding hydrogens is 515 g/mol. The lowest BCUT2D eigenvalue weighted by Gasteiger charge is -2.20. The van der Waals surface area contributed by atoms with Gasteiger partial charge in [-0.3, -0.25) is 9.69 Å². The number of ether oxygens (including phenoxy) is 1. The van der Waals surface area contributed by atoms with E-state index in [4.69, 9.17) is 22.1 Å². The largest absolute Gasteiger partial charge is 0.494 e. The lowest BCUT2D eigenvalue weighted by Crippen LogP contribution is -2.39. The molecule has 10 heteroatoms. The Kier molecular flexibility index (Phi) is 6.76. The third-order valence-electron chi connectivity index (χ3n) is 6.21. The van der Waals surface area contributed by atoms with Gasteiger partial charge in [-0.2, -0.15) is 5.10 Å². The zero-order valence-electron chi connectivity index (χ0n) is 19.9. The highest BCUT2D eigenvalue weighted by Gasteiger charge is 2.42. The van der Waals surface area contributed by atoms with E-state index < -0.39 is 15.9 Å². The lowest BCUT2D eigenvalue weighted by atomic mass is 10.0. The van der Waals surface area contributed by atoms with Gasteiger partial charge in [0.2, 0.25) is 0 Å². The topological polar surface area (TPSA) is 81.5 Å². The maximum Gasteiger partial charge on any atom is 0.266 e. The van der Waals surface area contributed by atoms with Crippen LogP contribution < -0.4 is 4.74 Å². The van der Waals surface area contributed by atoms with Crippen molar-refractivity contribution in [3.05, 3.63) is 70.8 Å². The fraction of sp³-hybridized carbons (Fsp3) is 0.269. The number of thiocarbonyl (C=S) groups is 1. The van der Waals surface area contributed by atoms with E-state index in [2.05, 4.69) is 0 Å². The number of nitrogens with zero attached hydrogens (tertiary/aromatic N) is 3. The quantitative estimate of drug-likeness (QED) is 0.334. The van der Waals surface area contributed by atoms with Crippen molar-refractivity contribution in [2.45, 2.75) is 26.3 Å². The van der Waals surface area contributed by atoms with Gasteiger partial charge in [-0.05, 0) is 62.2 Å². The Morgan fingerprint density at radius 3 is 2.67 bits per heavy atom. The molecule has 3 aromatic rings. The molecule has 0 aliphatic carbocycles. The van der Waals surface area contributed by atoms with Gasteiger partial charge in [-0.15, -0.1) is 0 Å². The summed E-state index contributed by atoms with van der Waals surface area (Å²) in [5.41, 5.74) is 4.32. The molecule has 2 aromatic carbocycles. The van der Waals surface area contributed by atoms with Crippen LogP contribution in [-0.4, -0.2) is 57.5 Å². The van der Waals surface area contributed by atoms with Crippen LogP contribution in [-0.2, 0) is 14.6 Å². The Morgan fingerprint density at radius 2 is 2.00 bits per heavy atom. The number of benzene rings is 2. The molecule has 36 heavy (non-hydrogen) atoms. The summed E-state index contributed by atoms with van der Waals surface area (Å²) in [4.78, 5) is 15.3. The molecule has 186 valence electrons. The van der Waals surface area contributed by atoms with E-state index in [9.17, 15) is 13.2 Å². The van der Waals surface area contributed by atoms with Crippen LogP contribution in [0.1, 0.15) is 24.5 Å². The minimum Gasteiger partial charge on any atom is -0.494 e. The number of sulfone groups is 1. The van der Waals surface area contributed by atoms with Gasteiger partial charge >= 0.3 is 0 Å². The summed E-state index contributed by atoms with van der Waals surface area (Å²) in [6, 6.07) is 15.2. The first-order valence-electron chi connectivity index (χ1n) is 11.6. The number of aryl methyl sites for hydroxylation is 1. The molecule has 0 saturated carbocycles. The number of amides is 1. The van der Waals surface area contributed by atoms with E-state index in [0.717, 1.165) is 33.8 Å². The summed E-state index contributed by atoms with van der Waals surface area (Å²) < 4.78 is 31.8. The van der Waals surface area contributed by atoms with E-state index in [1.54, 1.807) is 10.8 Å². The minimum absolute atomic E-state index is 0.0463. The molecule has 2 fully saturated rings. The normalized spacial score (nSPS) is 20.4. The van der Waals surface area contributed by atoms with Crippen LogP contribution in [0.5, 0.6) is 5.75 Å². The summed E-state index contributed by atoms with van der Waals surface area (Å²) in [5, 5.41) is 4.87. The van der Waals surface area contributed by atoms with E-state index in [-0.39, 0.29) is 17.4 Å². The van der Waals surface area contributed by atoms with Gasteiger partial charge in [-0.25, -0.2) is 13.1 Å². The van der Waals surface area contributed by atoms with E-state index in [1.807, 2.05) is 68.6 Å². The number of hydrogen-bond acceptors (Lipinski definition) is 7. The molecule has 2 aliphatic heterocycles. The van der Waals surface area contributed by atoms with Gasteiger partial charge in [0, 0.05) is 17.3 Å². The highest BCUT2D eigenvalue weighted by atomic mass is 32.2. The molecule has 5 rings (SSSR count). The molecule has 1 aromatic heterocycles. The molecule has 0 radical (unpaired) electrons. The number of carbonyl (C=O) groups excluding carboxylic acids is 1. The molecular formula is C26H25N3O4S3. The molecule has 0 bridgehead atoms. The first-order valence-corrected chi connectivity index (χ1v) is 14.7. The number of carbonyl (C=O) groups is 1. The first-order chi connectivity index (χ1) is 17.3. The summed E-state index contributed by atoms with van der Waals surface area (Å²) in [6.07, 6.45) is 4.11. The van der Waals surface area contributed by atoms with Crippen LogP contribution in [0.3, 0.4) is 0 Å². The second-order valence-electron chi connectivity index (χ2n) is 8.73. The molecule has 2 aliphatic rings. The van der Waals surface area contributed by atoms with Crippen molar-refractivity contribution in [3.63, 3.8) is 0 Å². The van der Waals surface area contributed by atoms with Gasteiger partial charge in [0.1, 0.15) is 15.8 Å². The van der Waals surface area contributed by atoms with Crippen molar-refractivity contribution >= 4 is 50.1 Å². The lowest BCUT2D eigenvalue weighted by molar-refractivity contribution is -0.123. The summed E-state index contributed by atoms with van der Waals surface area (Å²) >= 11 is 6.69. The second-order valence-corrected chi connectivity index (χ2v) is 12.6. The third-order valence-corrected chi connectivity index (χ3v) is 9.29. The maximum atomic E-state index is 13.3. The monoisotopic (exact) mass is 539 g/mol. The summed E-state index contributed by atoms with van der Waals surface area (Å²) in [7, 11) is -3.14. The van der Waals surface area contributed by atoms with Gasteiger partial charge in [0.15, 0.2) is 9.84 Å². The van der Waals surface area contributed by atoms with Crippen LogP contribution in [0.2, 0.25) is 0 Å². The molecule has 1 atom stereocenters. The van der Waals surface area contributed by atoms with Crippen LogP contribution in [0, 0.1) is 6.92 Å². The van der Waals surface area contributed by atoms with Crippen molar-refractivity contribution in [1.82, 2.24) is 14.7 Å². The van der Waals surface area contributed by atoms with Crippen LogP contribution in [0.15, 0.2) is 59.6 Å². The number of aromatic nitrogens is 2. The Balaban J connectivity index is 1.56. The Hall–Kier alpha value is -2.95. The fourth-order valence-electron chi connectivity index (χ4n) is 4.49. The van der Waals surface area contributed by atoms with Gasteiger partial charge in [-0.1, -0.05) is 42.2 Å². The molecule has 0 N–H and O–H groups in total. The maximum absolute atomic E-state index is 13.3. The van der Waals surface area contributed by atoms with Crippen molar-refractivity contribution < 1.29 is 17.9 Å². The summed E-state index contributed by atoms with van der Waals surface area (Å²) in [6.45, 7) is 4.53. The van der Waals surface area contributed by atoms with Crippen molar-refractivity contribution in [2.75, 3.05) is 18.1 Å². The zero-order valence-corrected chi connectivity index (χ0v) is 22.3. The SMILES string of the molecule is CCOc1ccc(-c2nn(-c3ccccc3)cc2/C=C2\SC(=S)N([C@H]3CCS(=O)(=O)C3)C2=O)c(C)c1. The van der Waals surface area contributed by atoms with Crippen LogP contribution in [0.25, 0.3) is 23.0 Å². The van der Waals surface area contributed by atoms with Crippen molar-refractivity contribution in [3.8, 4) is 22.7 Å². The number of para-hydroxylation sites is 1. The Labute approximate surface area is 220 Å². The standard InChI is InChI=1S/C26H25N3O4S3/c1-3-33-21-9-10-22(17(2)13-21)24-18(15-28(27-24)19-7-5-4-6-8-19)14-23-25(30)29(26(34)35-23)20-11-12-36(31,32)16-20/h4-10,13-15,20H,3,11-12,16H2,1-2H3/b23-14-/t20-/m0/s1. The molecule has 0 spiro atoms. The average Bonchev–Trinajstić information content (AvgIpc) is 3.50. The smallest absolute Gasteiger partial charge is 0.266 e. The zero-order chi connectivity index (χ0) is 25.4. The Morgan fingerprint density at radius 1 is 1.22 bits per heavy atom. The van der Waals surface area contributed by atoms with E-state index >= 15 is 0 Å². The Bertz CT molecular complexity index is 1480. The minimum atomic E-state index is -3.14.